The third kappa shape index (κ3) is 2.03. The van der Waals surface area contributed by atoms with Crippen LogP contribution in [0.4, 0.5) is 0 Å². The fraction of sp³-hybridized carbons (Fsp3) is 0.533. The summed E-state index contributed by atoms with van der Waals surface area (Å²) in [5, 5.41) is 8.98. The van der Waals surface area contributed by atoms with Gasteiger partial charge in [-0.25, -0.2) is 0 Å². The number of nitrogens with zero attached hydrogens (tertiary/aromatic N) is 1. The van der Waals surface area contributed by atoms with Gasteiger partial charge in [-0.15, -0.1) is 0 Å². The SMILES string of the molecule is O=C(c1ccc2c(c1)CCCC2)N1CC(CO)C1. The van der Waals surface area contributed by atoms with Crippen molar-refractivity contribution in [1.29, 1.82) is 0 Å². The lowest BCUT2D eigenvalue weighted by Crippen LogP contribution is -2.51. The molecular weight excluding hydrogens is 226 g/mol. The first-order valence-corrected chi connectivity index (χ1v) is 6.80. The molecule has 1 fully saturated rings. The number of aliphatic hydroxyl groups excluding tert-OH is 1. The van der Waals surface area contributed by atoms with Crippen LogP contribution in [0.3, 0.4) is 0 Å². The highest BCUT2D eigenvalue weighted by Gasteiger charge is 2.30. The Morgan fingerprint density at radius 2 is 1.94 bits per heavy atom. The monoisotopic (exact) mass is 245 g/mol. The van der Waals surface area contributed by atoms with E-state index in [2.05, 4.69) is 12.1 Å². The van der Waals surface area contributed by atoms with Crippen LogP contribution < -0.4 is 0 Å². The lowest BCUT2D eigenvalue weighted by molar-refractivity contribution is 0.0362. The fourth-order valence-corrected chi connectivity index (χ4v) is 2.90. The van der Waals surface area contributed by atoms with Crippen LogP contribution in [-0.4, -0.2) is 35.6 Å². The van der Waals surface area contributed by atoms with Crippen LogP contribution in [-0.2, 0) is 12.8 Å². The van der Waals surface area contributed by atoms with Gasteiger partial charge in [0.2, 0.25) is 0 Å². The summed E-state index contributed by atoms with van der Waals surface area (Å²) in [6.07, 6.45) is 4.77. The molecule has 1 N–H and O–H groups in total. The molecule has 0 bridgehead atoms. The smallest absolute Gasteiger partial charge is 0.253 e. The summed E-state index contributed by atoms with van der Waals surface area (Å²) in [6.45, 7) is 1.59. The van der Waals surface area contributed by atoms with E-state index in [1.165, 1.54) is 24.0 Å². The molecule has 1 aliphatic heterocycles. The molecule has 1 aromatic carbocycles. The van der Waals surface area contributed by atoms with Crippen LogP contribution in [0.25, 0.3) is 0 Å². The number of benzene rings is 1. The van der Waals surface area contributed by atoms with Gasteiger partial charge in [0.1, 0.15) is 0 Å². The average molecular weight is 245 g/mol. The Labute approximate surface area is 107 Å². The first-order chi connectivity index (χ1) is 8.78. The first-order valence-electron chi connectivity index (χ1n) is 6.80. The molecule has 96 valence electrons. The van der Waals surface area contributed by atoms with Gasteiger partial charge in [0.05, 0.1) is 0 Å². The van der Waals surface area contributed by atoms with Gasteiger partial charge in [-0.2, -0.15) is 0 Å². The maximum absolute atomic E-state index is 12.2. The van der Waals surface area contributed by atoms with Gasteiger partial charge in [0, 0.05) is 31.2 Å². The number of aryl methyl sites for hydroxylation is 2. The maximum atomic E-state index is 12.2. The van der Waals surface area contributed by atoms with E-state index >= 15 is 0 Å². The van der Waals surface area contributed by atoms with Gasteiger partial charge in [-0.05, 0) is 48.9 Å². The number of rotatable bonds is 2. The van der Waals surface area contributed by atoms with Crippen molar-refractivity contribution in [3.05, 3.63) is 34.9 Å². The van der Waals surface area contributed by atoms with E-state index in [1.807, 2.05) is 11.0 Å². The second kappa shape index (κ2) is 4.73. The Morgan fingerprint density at radius 3 is 2.67 bits per heavy atom. The molecular formula is C15H19NO2. The van der Waals surface area contributed by atoms with Crippen molar-refractivity contribution >= 4 is 5.91 Å². The molecule has 0 saturated carbocycles. The van der Waals surface area contributed by atoms with Crippen molar-refractivity contribution in [3.63, 3.8) is 0 Å². The Kier molecular flexibility index (Phi) is 3.08. The van der Waals surface area contributed by atoms with E-state index in [1.54, 1.807) is 0 Å². The normalized spacial score (nSPS) is 19.3. The second-order valence-electron chi connectivity index (χ2n) is 5.45. The van der Waals surface area contributed by atoms with Crippen molar-refractivity contribution in [2.24, 2.45) is 5.92 Å². The van der Waals surface area contributed by atoms with E-state index in [0.717, 1.165) is 18.4 Å². The molecule has 0 spiro atoms. The van der Waals surface area contributed by atoms with Crippen molar-refractivity contribution in [2.75, 3.05) is 19.7 Å². The van der Waals surface area contributed by atoms with E-state index in [9.17, 15) is 4.79 Å². The summed E-state index contributed by atoms with van der Waals surface area (Å²) in [7, 11) is 0. The van der Waals surface area contributed by atoms with Crippen LogP contribution in [0.5, 0.6) is 0 Å². The highest BCUT2D eigenvalue weighted by molar-refractivity contribution is 5.95. The first kappa shape index (κ1) is 11.7. The molecule has 18 heavy (non-hydrogen) atoms. The van der Waals surface area contributed by atoms with Crippen LogP contribution in [0, 0.1) is 5.92 Å². The van der Waals surface area contributed by atoms with E-state index in [4.69, 9.17) is 5.11 Å². The topological polar surface area (TPSA) is 40.5 Å². The summed E-state index contributed by atoms with van der Waals surface area (Å²) in [4.78, 5) is 14.0. The minimum absolute atomic E-state index is 0.119. The van der Waals surface area contributed by atoms with Gasteiger partial charge < -0.3 is 10.0 Å². The van der Waals surface area contributed by atoms with Crippen molar-refractivity contribution in [2.45, 2.75) is 25.7 Å². The largest absolute Gasteiger partial charge is 0.396 e. The molecule has 1 amide bonds. The molecule has 1 aromatic rings. The van der Waals surface area contributed by atoms with Crippen molar-refractivity contribution in [3.8, 4) is 0 Å². The number of aliphatic hydroxyl groups is 1. The highest BCUT2D eigenvalue weighted by Crippen LogP contribution is 2.24. The minimum Gasteiger partial charge on any atom is -0.396 e. The Morgan fingerprint density at radius 1 is 1.22 bits per heavy atom. The number of hydrogen-bond donors (Lipinski definition) is 1. The molecule has 1 heterocycles. The summed E-state index contributed by atoms with van der Waals surface area (Å²) in [6, 6.07) is 6.15. The Hall–Kier alpha value is -1.35. The van der Waals surface area contributed by atoms with E-state index in [0.29, 0.717) is 13.1 Å². The number of fused-ring (bicyclic) bond motifs is 1. The number of amides is 1. The van der Waals surface area contributed by atoms with E-state index in [-0.39, 0.29) is 18.4 Å². The van der Waals surface area contributed by atoms with Crippen molar-refractivity contribution < 1.29 is 9.90 Å². The van der Waals surface area contributed by atoms with Crippen molar-refractivity contribution in [1.82, 2.24) is 4.90 Å². The minimum atomic E-state index is 0.119. The molecule has 1 saturated heterocycles. The summed E-state index contributed by atoms with van der Waals surface area (Å²) < 4.78 is 0. The van der Waals surface area contributed by atoms with Crippen LogP contribution in [0.15, 0.2) is 18.2 Å². The molecule has 2 aliphatic rings. The zero-order valence-corrected chi connectivity index (χ0v) is 10.6. The predicted molar refractivity (Wildman–Crippen MR) is 69.6 cm³/mol. The fourth-order valence-electron chi connectivity index (χ4n) is 2.90. The molecule has 3 heteroatoms. The quantitative estimate of drug-likeness (QED) is 0.860. The van der Waals surface area contributed by atoms with Gasteiger partial charge in [-0.1, -0.05) is 6.07 Å². The predicted octanol–water partition coefficient (Wildman–Crippen LogP) is 1.63. The number of carbonyl (C=O) groups excluding carboxylic acids is 1. The number of carbonyl (C=O) groups is 1. The molecule has 0 atom stereocenters. The second-order valence-corrected chi connectivity index (χ2v) is 5.45. The van der Waals surface area contributed by atoms with Crippen LogP contribution in [0.1, 0.15) is 34.3 Å². The third-order valence-corrected chi connectivity index (χ3v) is 4.10. The molecule has 3 nitrogen and oxygen atoms in total. The zero-order chi connectivity index (χ0) is 12.5. The standard InChI is InChI=1S/C15H19NO2/c17-10-11-8-16(9-11)15(18)14-6-5-12-3-1-2-4-13(12)7-14/h5-7,11,17H,1-4,8-10H2. The van der Waals surface area contributed by atoms with Gasteiger partial charge >= 0.3 is 0 Å². The van der Waals surface area contributed by atoms with Crippen LogP contribution in [0.2, 0.25) is 0 Å². The molecule has 0 radical (unpaired) electrons. The maximum Gasteiger partial charge on any atom is 0.253 e. The lowest BCUT2D eigenvalue weighted by atomic mass is 9.90. The van der Waals surface area contributed by atoms with Gasteiger partial charge in [0.15, 0.2) is 0 Å². The lowest BCUT2D eigenvalue weighted by Gasteiger charge is -2.38. The number of hydrogen-bond acceptors (Lipinski definition) is 2. The van der Waals surface area contributed by atoms with Crippen LogP contribution >= 0.6 is 0 Å². The molecule has 3 rings (SSSR count). The summed E-state index contributed by atoms with van der Waals surface area (Å²) >= 11 is 0. The third-order valence-electron chi connectivity index (χ3n) is 4.10. The summed E-state index contributed by atoms with van der Waals surface area (Å²) in [5.41, 5.74) is 3.58. The Bertz CT molecular complexity index is 464. The highest BCUT2D eigenvalue weighted by atomic mass is 16.3. The molecule has 0 unspecified atom stereocenters. The average Bonchev–Trinajstić information content (AvgIpc) is 2.37. The van der Waals surface area contributed by atoms with Gasteiger partial charge in [-0.3, -0.25) is 4.79 Å². The van der Waals surface area contributed by atoms with Gasteiger partial charge in [0.25, 0.3) is 5.91 Å². The van der Waals surface area contributed by atoms with E-state index < -0.39 is 0 Å². The Balaban J connectivity index is 1.74. The summed E-state index contributed by atoms with van der Waals surface area (Å²) in [5.74, 6) is 0.402. The molecule has 1 aliphatic carbocycles. The molecule has 0 aromatic heterocycles. The zero-order valence-electron chi connectivity index (χ0n) is 10.6. The number of likely N-dealkylation sites (tertiary alicyclic amines) is 1.